The summed E-state index contributed by atoms with van der Waals surface area (Å²) in [6.45, 7) is 12.1. The molecule has 2 aliphatic rings. The van der Waals surface area contributed by atoms with E-state index in [1.165, 1.54) is 36.8 Å². The third kappa shape index (κ3) is 7.46. The summed E-state index contributed by atoms with van der Waals surface area (Å²) in [5.41, 5.74) is 2.90. The summed E-state index contributed by atoms with van der Waals surface area (Å²) >= 11 is 0. The lowest BCUT2D eigenvalue weighted by Gasteiger charge is -2.22. The van der Waals surface area contributed by atoms with E-state index in [1.807, 2.05) is 6.20 Å². The minimum Gasteiger partial charge on any atom is -0.356 e. The Hall–Kier alpha value is -1.88. The van der Waals surface area contributed by atoms with Gasteiger partial charge in [0.25, 0.3) is 0 Å². The molecule has 0 saturated carbocycles. The van der Waals surface area contributed by atoms with E-state index in [0.29, 0.717) is 6.04 Å². The van der Waals surface area contributed by atoms with Crippen molar-refractivity contribution < 1.29 is 0 Å². The van der Waals surface area contributed by atoms with Gasteiger partial charge in [0.05, 0.1) is 0 Å². The van der Waals surface area contributed by atoms with Gasteiger partial charge >= 0.3 is 0 Å². The maximum atomic E-state index is 4.82. The molecule has 0 bridgehead atoms. The first kappa shape index (κ1) is 21.8. The van der Waals surface area contributed by atoms with Crippen molar-refractivity contribution in [2.75, 3.05) is 42.9 Å². The topological polar surface area (TPSA) is 44.3 Å². The minimum atomic E-state index is 0.439. The molecule has 5 nitrogen and oxygen atoms in total. The summed E-state index contributed by atoms with van der Waals surface area (Å²) in [5, 5.41) is 3.58. The molecule has 0 aliphatic carbocycles. The maximum absolute atomic E-state index is 4.82. The first-order chi connectivity index (χ1) is 14.1. The average molecular weight is 398 g/mol. The van der Waals surface area contributed by atoms with Crippen LogP contribution in [0.1, 0.15) is 65.7 Å². The molecule has 1 unspecified atom stereocenters. The Morgan fingerprint density at radius 3 is 2.66 bits per heavy atom. The second-order valence-corrected chi connectivity index (χ2v) is 8.90. The van der Waals surface area contributed by atoms with Crippen molar-refractivity contribution in [1.29, 1.82) is 0 Å². The van der Waals surface area contributed by atoms with E-state index in [9.17, 15) is 0 Å². The van der Waals surface area contributed by atoms with Gasteiger partial charge in [-0.25, -0.2) is 4.98 Å². The normalized spacial score (nSPS) is 21.1. The van der Waals surface area contributed by atoms with Crippen molar-refractivity contribution in [1.82, 2.24) is 14.9 Å². The lowest BCUT2D eigenvalue weighted by molar-refractivity contribution is 0.373. The van der Waals surface area contributed by atoms with E-state index in [1.54, 1.807) is 0 Å². The van der Waals surface area contributed by atoms with Crippen LogP contribution in [-0.2, 0) is 0 Å². The van der Waals surface area contributed by atoms with Crippen LogP contribution in [-0.4, -0.2) is 53.6 Å². The molecule has 1 aromatic heterocycles. The Morgan fingerprint density at radius 2 is 1.90 bits per heavy atom. The molecule has 160 valence electrons. The van der Waals surface area contributed by atoms with Crippen LogP contribution < -0.4 is 10.2 Å². The highest BCUT2D eigenvalue weighted by Crippen LogP contribution is 2.19. The first-order valence-electron chi connectivity index (χ1n) is 11.5. The van der Waals surface area contributed by atoms with Gasteiger partial charge in [0.2, 0.25) is 5.95 Å². The standard InChI is InChI=1S/C24H39N5/c1-20(2)9-8-10-21(3)12-17-28-18-13-22(19-28)26-24-25-14-11-23(27-24)29-15-6-4-5-7-16-29/h9,11-12,14,22H,4-8,10,13,15-19H2,1-3H3,(H,25,26,27)/b21-12+. The van der Waals surface area contributed by atoms with Gasteiger partial charge in [-0.15, -0.1) is 0 Å². The van der Waals surface area contributed by atoms with Crippen LogP contribution in [0.5, 0.6) is 0 Å². The number of hydrogen-bond donors (Lipinski definition) is 1. The number of likely N-dealkylation sites (tertiary alicyclic amines) is 1. The van der Waals surface area contributed by atoms with Gasteiger partial charge in [0.1, 0.15) is 5.82 Å². The van der Waals surface area contributed by atoms with Crippen LogP contribution in [0.15, 0.2) is 35.6 Å². The predicted molar refractivity (Wildman–Crippen MR) is 124 cm³/mol. The number of hydrogen-bond acceptors (Lipinski definition) is 5. The van der Waals surface area contributed by atoms with Gasteiger partial charge in [0, 0.05) is 45.0 Å². The monoisotopic (exact) mass is 397 g/mol. The highest BCUT2D eigenvalue weighted by molar-refractivity contribution is 5.43. The van der Waals surface area contributed by atoms with Crippen LogP contribution >= 0.6 is 0 Å². The lowest BCUT2D eigenvalue weighted by atomic mass is 10.1. The zero-order chi connectivity index (χ0) is 20.5. The fraction of sp³-hybridized carbons (Fsp3) is 0.667. The van der Waals surface area contributed by atoms with E-state index in [0.717, 1.165) is 63.8 Å². The molecule has 2 fully saturated rings. The number of aromatic nitrogens is 2. The summed E-state index contributed by atoms with van der Waals surface area (Å²) in [5.74, 6) is 1.86. The van der Waals surface area contributed by atoms with Crippen molar-refractivity contribution in [3.63, 3.8) is 0 Å². The Bertz CT molecular complexity index is 684. The highest BCUT2D eigenvalue weighted by atomic mass is 15.3. The van der Waals surface area contributed by atoms with E-state index >= 15 is 0 Å². The number of nitrogens with zero attached hydrogens (tertiary/aromatic N) is 4. The van der Waals surface area contributed by atoms with Crippen molar-refractivity contribution >= 4 is 11.8 Å². The van der Waals surface area contributed by atoms with Crippen LogP contribution in [0.3, 0.4) is 0 Å². The summed E-state index contributed by atoms with van der Waals surface area (Å²) in [6.07, 6.45) is 15.3. The SMILES string of the molecule is CC(C)=CCC/C(C)=C/CN1CCC(Nc2nccc(N3CCCCCC3)n2)C1. The predicted octanol–water partition coefficient (Wildman–Crippen LogP) is 5.04. The lowest BCUT2D eigenvalue weighted by Crippen LogP contribution is -2.28. The van der Waals surface area contributed by atoms with Gasteiger partial charge in [-0.1, -0.05) is 36.1 Å². The Labute approximate surface area is 177 Å². The van der Waals surface area contributed by atoms with Crippen LogP contribution in [0.25, 0.3) is 0 Å². The molecule has 5 heteroatoms. The van der Waals surface area contributed by atoms with Crippen molar-refractivity contribution in [2.24, 2.45) is 0 Å². The van der Waals surface area contributed by atoms with Crippen molar-refractivity contribution in [3.05, 3.63) is 35.6 Å². The van der Waals surface area contributed by atoms with E-state index in [-0.39, 0.29) is 0 Å². The van der Waals surface area contributed by atoms with E-state index in [2.05, 4.69) is 59.1 Å². The van der Waals surface area contributed by atoms with Gasteiger partial charge in [0.15, 0.2) is 0 Å². The molecule has 0 amide bonds. The summed E-state index contributed by atoms with van der Waals surface area (Å²) in [6, 6.07) is 2.49. The zero-order valence-corrected chi connectivity index (χ0v) is 18.7. The largest absolute Gasteiger partial charge is 0.356 e. The number of allylic oxidation sites excluding steroid dienone is 3. The fourth-order valence-corrected chi connectivity index (χ4v) is 4.17. The number of nitrogens with one attached hydrogen (secondary N) is 1. The summed E-state index contributed by atoms with van der Waals surface area (Å²) in [7, 11) is 0. The first-order valence-corrected chi connectivity index (χ1v) is 11.5. The third-order valence-electron chi connectivity index (χ3n) is 5.97. The molecule has 0 radical (unpaired) electrons. The Morgan fingerprint density at radius 1 is 1.10 bits per heavy atom. The van der Waals surface area contributed by atoms with Gasteiger partial charge in [-0.05, 0) is 58.9 Å². The molecule has 0 spiro atoms. The summed E-state index contributed by atoms with van der Waals surface area (Å²) < 4.78 is 0. The van der Waals surface area contributed by atoms with Crippen molar-refractivity contribution in [2.45, 2.75) is 71.8 Å². The molecule has 1 aromatic rings. The molecule has 3 rings (SSSR count). The molecule has 2 saturated heterocycles. The molecule has 2 aliphatic heterocycles. The number of anilines is 2. The summed E-state index contributed by atoms with van der Waals surface area (Å²) in [4.78, 5) is 14.2. The van der Waals surface area contributed by atoms with Gasteiger partial charge < -0.3 is 10.2 Å². The van der Waals surface area contributed by atoms with E-state index in [4.69, 9.17) is 4.98 Å². The fourth-order valence-electron chi connectivity index (χ4n) is 4.17. The third-order valence-corrected chi connectivity index (χ3v) is 5.97. The Balaban J connectivity index is 1.46. The maximum Gasteiger partial charge on any atom is 0.224 e. The second kappa shape index (κ2) is 11.3. The molecule has 29 heavy (non-hydrogen) atoms. The smallest absolute Gasteiger partial charge is 0.224 e. The van der Waals surface area contributed by atoms with Crippen LogP contribution in [0.4, 0.5) is 11.8 Å². The molecular formula is C24H39N5. The quantitative estimate of drug-likeness (QED) is 0.623. The zero-order valence-electron chi connectivity index (χ0n) is 18.7. The second-order valence-electron chi connectivity index (χ2n) is 8.90. The average Bonchev–Trinajstić information content (AvgIpc) is 2.97. The highest BCUT2D eigenvalue weighted by Gasteiger charge is 2.22. The molecule has 1 atom stereocenters. The van der Waals surface area contributed by atoms with Crippen molar-refractivity contribution in [3.8, 4) is 0 Å². The Kier molecular flexibility index (Phi) is 8.53. The molecule has 1 N–H and O–H groups in total. The van der Waals surface area contributed by atoms with Gasteiger partial charge in [-0.2, -0.15) is 4.98 Å². The molecule has 3 heterocycles. The van der Waals surface area contributed by atoms with Gasteiger partial charge in [-0.3, -0.25) is 4.90 Å². The molecule has 0 aromatic carbocycles. The van der Waals surface area contributed by atoms with Crippen LogP contribution in [0.2, 0.25) is 0 Å². The minimum absolute atomic E-state index is 0.439. The van der Waals surface area contributed by atoms with Crippen LogP contribution in [0, 0.1) is 0 Å². The van der Waals surface area contributed by atoms with E-state index < -0.39 is 0 Å². The molecular weight excluding hydrogens is 358 g/mol. The number of rotatable bonds is 8.